The van der Waals surface area contributed by atoms with Gasteiger partial charge in [0.2, 0.25) is 0 Å². The van der Waals surface area contributed by atoms with Gasteiger partial charge in [0.15, 0.2) is 0 Å². The van der Waals surface area contributed by atoms with Crippen LogP contribution >= 0.6 is 11.3 Å². The molecule has 2 aliphatic rings. The largest absolute Gasteiger partial charge is 0.492 e. The highest BCUT2D eigenvalue weighted by Gasteiger charge is 2.25. The molecule has 0 saturated heterocycles. The van der Waals surface area contributed by atoms with Crippen molar-refractivity contribution < 1.29 is 14.6 Å². The van der Waals surface area contributed by atoms with Crippen molar-refractivity contribution in [3.63, 3.8) is 0 Å². The Morgan fingerprint density at radius 2 is 2.27 bits per heavy atom. The van der Waals surface area contributed by atoms with E-state index in [-0.39, 0.29) is 12.6 Å². The molecular weight excluding hydrogens is 402 g/mol. The van der Waals surface area contributed by atoms with Gasteiger partial charge >= 0.3 is 5.97 Å². The van der Waals surface area contributed by atoms with Gasteiger partial charge in [0.05, 0.1) is 29.6 Å². The smallest absolute Gasteiger partial charge is 0.317 e. The molecule has 3 aromatic rings. The minimum atomic E-state index is -0.830. The number of ether oxygens (including phenoxy) is 1. The summed E-state index contributed by atoms with van der Waals surface area (Å²) in [6.45, 7) is 2.51. The van der Waals surface area contributed by atoms with Crippen LogP contribution in [0.1, 0.15) is 23.8 Å². The third-order valence-corrected chi connectivity index (χ3v) is 6.57. The first-order valence-corrected chi connectivity index (χ1v) is 10.8. The van der Waals surface area contributed by atoms with E-state index in [0.29, 0.717) is 6.61 Å². The van der Waals surface area contributed by atoms with Gasteiger partial charge in [0.25, 0.3) is 0 Å². The van der Waals surface area contributed by atoms with Crippen LogP contribution in [0.25, 0.3) is 16.4 Å². The van der Waals surface area contributed by atoms with E-state index < -0.39 is 5.97 Å². The minimum absolute atomic E-state index is 0.0145. The summed E-state index contributed by atoms with van der Waals surface area (Å²) in [6.07, 6.45) is 5.98. The fourth-order valence-corrected chi connectivity index (χ4v) is 5.25. The molecule has 1 aliphatic heterocycles. The molecule has 0 fully saturated rings. The zero-order valence-electron chi connectivity index (χ0n) is 16.4. The quantitative estimate of drug-likeness (QED) is 0.531. The molecule has 3 heterocycles. The average Bonchev–Trinajstić information content (AvgIpc) is 3.09. The number of hydrogen-bond donors (Lipinski definition) is 3. The van der Waals surface area contributed by atoms with E-state index in [0.717, 1.165) is 57.3 Å². The van der Waals surface area contributed by atoms with Gasteiger partial charge in [-0.15, -0.1) is 11.3 Å². The van der Waals surface area contributed by atoms with Crippen molar-refractivity contribution in [3.8, 4) is 5.75 Å². The van der Waals surface area contributed by atoms with Crippen LogP contribution in [0.3, 0.4) is 0 Å². The Morgan fingerprint density at radius 3 is 3.03 bits per heavy atom. The highest BCUT2D eigenvalue weighted by atomic mass is 32.1. The second-order valence-corrected chi connectivity index (χ2v) is 8.43. The number of thiophene rings is 1. The predicted octanol–water partition coefficient (Wildman–Crippen LogP) is 1.74. The highest BCUT2D eigenvalue weighted by molar-refractivity contribution is 7.19. The normalized spacial score (nSPS) is 16.6. The lowest BCUT2D eigenvalue weighted by Crippen LogP contribution is -2.37. The molecule has 3 N–H and O–H groups in total. The van der Waals surface area contributed by atoms with Crippen LogP contribution in [-0.2, 0) is 17.6 Å². The molecule has 8 nitrogen and oxygen atoms in total. The second kappa shape index (κ2) is 7.66. The van der Waals surface area contributed by atoms with Crippen molar-refractivity contribution in [2.45, 2.75) is 32.2 Å². The number of fused-ring (bicyclic) bond motifs is 4. The van der Waals surface area contributed by atoms with Crippen molar-refractivity contribution in [2.24, 2.45) is 4.99 Å². The van der Waals surface area contributed by atoms with E-state index in [4.69, 9.17) is 9.84 Å². The number of nitrogens with zero attached hydrogens (tertiary/aromatic N) is 3. The van der Waals surface area contributed by atoms with Crippen LogP contribution < -0.4 is 25.9 Å². The van der Waals surface area contributed by atoms with E-state index in [2.05, 4.69) is 25.6 Å². The molecule has 9 heteroatoms. The Morgan fingerprint density at radius 1 is 1.37 bits per heavy atom. The Kier molecular flexibility index (Phi) is 4.84. The lowest BCUT2D eigenvalue weighted by atomic mass is 9.93. The van der Waals surface area contributed by atoms with Crippen LogP contribution in [0.2, 0.25) is 0 Å². The van der Waals surface area contributed by atoms with E-state index in [9.17, 15) is 4.79 Å². The van der Waals surface area contributed by atoms with Gasteiger partial charge in [-0.25, -0.2) is 9.97 Å². The van der Waals surface area contributed by atoms with Crippen molar-refractivity contribution in [2.75, 3.05) is 18.5 Å². The molecule has 1 aliphatic carbocycles. The number of hydrogen-bond acceptors (Lipinski definition) is 8. The van der Waals surface area contributed by atoms with Crippen LogP contribution in [-0.4, -0.2) is 40.2 Å². The van der Waals surface area contributed by atoms with Gasteiger partial charge in [-0.2, -0.15) is 0 Å². The number of aryl methyl sites for hydroxylation is 1. The zero-order chi connectivity index (χ0) is 20.7. The zero-order valence-corrected chi connectivity index (χ0v) is 17.3. The lowest BCUT2D eigenvalue weighted by Gasteiger charge is -2.23. The highest BCUT2D eigenvalue weighted by Crippen LogP contribution is 2.39. The molecule has 1 atom stereocenters. The number of benzene rings is 1. The van der Waals surface area contributed by atoms with Crippen LogP contribution in [0.5, 0.6) is 5.75 Å². The van der Waals surface area contributed by atoms with Crippen molar-refractivity contribution in [1.82, 2.24) is 15.3 Å². The first kappa shape index (κ1) is 19.0. The van der Waals surface area contributed by atoms with Gasteiger partial charge in [0.1, 0.15) is 22.7 Å². The molecule has 0 spiro atoms. The molecule has 0 saturated carbocycles. The van der Waals surface area contributed by atoms with Gasteiger partial charge in [-0.3, -0.25) is 9.79 Å². The standard InChI is InChI=1S/C21H21N5O3S/c1-2-29-16-7-14-11(8-23-14)5-15(16)26-20-19-13-4-3-12(22-9-18(27)28)6-17(13)30-21(19)25-10-24-20/h5,7-8,10,12,22H,2-4,6,9H2,1H3,(H,27,28)(H,24,25,26). The van der Waals surface area contributed by atoms with Gasteiger partial charge in [-0.1, -0.05) is 0 Å². The summed E-state index contributed by atoms with van der Waals surface area (Å²) in [6, 6.07) is 4.15. The summed E-state index contributed by atoms with van der Waals surface area (Å²) in [7, 11) is 0. The number of carboxylic acid groups (broad SMARTS) is 1. The summed E-state index contributed by atoms with van der Waals surface area (Å²) in [5, 5.41) is 18.6. The Hall–Kier alpha value is -3.04. The topological polar surface area (TPSA) is 109 Å². The van der Waals surface area contributed by atoms with Crippen LogP contribution in [0.4, 0.5) is 11.5 Å². The molecule has 154 valence electrons. The van der Waals surface area contributed by atoms with E-state index in [1.807, 2.05) is 25.3 Å². The van der Waals surface area contributed by atoms with Gasteiger partial charge in [0, 0.05) is 28.4 Å². The summed E-state index contributed by atoms with van der Waals surface area (Å²) >= 11 is 1.66. The molecule has 0 bridgehead atoms. The monoisotopic (exact) mass is 423 g/mol. The number of rotatable bonds is 7. The van der Waals surface area contributed by atoms with E-state index >= 15 is 0 Å². The summed E-state index contributed by atoms with van der Waals surface area (Å²) in [4.78, 5) is 26.3. The number of carboxylic acids is 1. The third-order valence-electron chi connectivity index (χ3n) is 5.41. The molecule has 0 radical (unpaired) electrons. The SMILES string of the molecule is CCOc1cc2c(cc1Nc1ncnc3sc4c(c13)CCC(NCC(=O)O)C4)=CN=2. The lowest BCUT2D eigenvalue weighted by molar-refractivity contribution is -0.136. The van der Waals surface area contributed by atoms with Crippen LogP contribution in [0.15, 0.2) is 23.5 Å². The van der Waals surface area contributed by atoms with Crippen LogP contribution in [0, 0.1) is 0 Å². The first-order valence-electron chi connectivity index (χ1n) is 9.94. The Labute approximate surface area is 176 Å². The number of anilines is 2. The number of carbonyl (C=O) groups is 1. The first-order chi connectivity index (χ1) is 14.6. The Balaban J connectivity index is 1.49. The van der Waals surface area contributed by atoms with E-state index in [1.54, 1.807) is 17.7 Å². The summed E-state index contributed by atoms with van der Waals surface area (Å²) in [5.41, 5.74) is 2.12. The van der Waals surface area contributed by atoms with Crippen molar-refractivity contribution in [1.29, 1.82) is 0 Å². The maximum Gasteiger partial charge on any atom is 0.317 e. The number of nitrogens with one attached hydrogen (secondary N) is 2. The minimum Gasteiger partial charge on any atom is -0.492 e. The predicted molar refractivity (Wildman–Crippen MR) is 115 cm³/mol. The van der Waals surface area contributed by atoms with E-state index in [1.165, 1.54) is 10.4 Å². The number of aromatic nitrogens is 2. The second-order valence-electron chi connectivity index (χ2n) is 7.34. The maximum absolute atomic E-state index is 10.9. The third kappa shape index (κ3) is 3.40. The molecule has 0 amide bonds. The van der Waals surface area contributed by atoms with Gasteiger partial charge < -0.3 is 20.5 Å². The molecule has 1 unspecified atom stereocenters. The molecule has 30 heavy (non-hydrogen) atoms. The fourth-order valence-electron chi connectivity index (χ4n) is 3.99. The Bertz CT molecular complexity index is 1270. The number of aliphatic carboxylic acids is 1. The molecule has 5 rings (SSSR count). The van der Waals surface area contributed by atoms with Crippen molar-refractivity contribution >= 4 is 45.2 Å². The van der Waals surface area contributed by atoms with Gasteiger partial charge in [-0.05, 0) is 37.8 Å². The molecule has 1 aromatic carbocycles. The summed E-state index contributed by atoms with van der Waals surface area (Å²) < 4.78 is 5.81. The summed E-state index contributed by atoms with van der Waals surface area (Å²) in [5.74, 6) is 0.691. The average molecular weight is 423 g/mol. The fraction of sp³-hybridized carbons (Fsp3) is 0.333. The van der Waals surface area contributed by atoms with Crippen molar-refractivity contribution in [3.05, 3.63) is 39.5 Å². The molecular formula is C21H21N5O3S. The molecule has 2 aromatic heterocycles. The maximum atomic E-state index is 10.9.